The number of fused-ring (bicyclic) bond motifs is 1. The van der Waals surface area contributed by atoms with Crippen LogP contribution in [0.2, 0.25) is 0 Å². The number of methoxy groups -OCH3 is 1. The zero-order valence-corrected chi connectivity index (χ0v) is 18.9. The minimum atomic E-state index is -1.02. The lowest BCUT2D eigenvalue weighted by atomic mass is 9.92. The number of rotatable bonds is 4. The number of benzene rings is 2. The molecule has 2 aromatic carbocycles. The third-order valence-electron chi connectivity index (χ3n) is 6.10. The van der Waals surface area contributed by atoms with Crippen LogP contribution in [-0.4, -0.2) is 55.6 Å². The second kappa shape index (κ2) is 8.57. The smallest absolute Gasteiger partial charge is 0.222 e. The predicted octanol–water partition coefficient (Wildman–Crippen LogP) is 4.29. The SMILES string of the molecule is COc1cc(N2CCN([C@@H](C)C3=C(C)c4cc(F)ccc4O[C@H]3O)CC2)ccc1Br. The minimum absolute atomic E-state index is 0.0157. The Morgan fingerprint density at radius 3 is 2.60 bits per heavy atom. The van der Waals surface area contributed by atoms with Gasteiger partial charge in [0.1, 0.15) is 17.3 Å². The van der Waals surface area contributed by atoms with E-state index in [4.69, 9.17) is 9.47 Å². The van der Waals surface area contributed by atoms with Crippen molar-refractivity contribution in [3.05, 3.63) is 57.8 Å². The van der Waals surface area contributed by atoms with E-state index in [1.807, 2.05) is 19.1 Å². The Hall–Kier alpha value is -2.09. The molecule has 4 rings (SSSR count). The lowest BCUT2D eigenvalue weighted by Crippen LogP contribution is -2.51. The molecule has 0 aliphatic carbocycles. The maximum absolute atomic E-state index is 13.8. The molecule has 2 heterocycles. The molecular weight excluding hydrogens is 451 g/mol. The molecule has 0 unspecified atom stereocenters. The van der Waals surface area contributed by atoms with Gasteiger partial charge in [0, 0.05) is 55.1 Å². The largest absolute Gasteiger partial charge is 0.495 e. The van der Waals surface area contributed by atoms with Crippen LogP contribution in [0.15, 0.2) is 46.4 Å². The molecule has 2 aliphatic heterocycles. The summed E-state index contributed by atoms with van der Waals surface area (Å²) in [5.74, 6) is 1.03. The summed E-state index contributed by atoms with van der Waals surface area (Å²) in [6, 6.07) is 10.5. The molecule has 1 fully saturated rings. The number of allylic oxidation sites excluding steroid dienone is 1. The van der Waals surface area contributed by atoms with Crippen LogP contribution in [0.25, 0.3) is 5.57 Å². The second-order valence-electron chi connectivity index (χ2n) is 7.71. The second-order valence-corrected chi connectivity index (χ2v) is 8.56. The summed E-state index contributed by atoms with van der Waals surface area (Å²) in [6.07, 6.45) is -1.02. The molecule has 5 nitrogen and oxygen atoms in total. The van der Waals surface area contributed by atoms with Crippen LogP contribution < -0.4 is 14.4 Å². The Kier molecular flexibility index (Phi) is 6.04. The van der Waals surface area contributed by atoms with Gasteiger partial charge in [-0.1, -0.05) is 0 Å². The Morgan fingerprint density at radius 1 is 1.17 bits per heavy atom. The van der Waals surface area contributed by atoms with Gasteiger partial charge in [0.25, 0.3) is 0 Å². The Balaban J connectivity index is 1.50. The van der Waals surface area contributed by atoms with Gasteiger partial charge in [-0.25, -0.2) is 4.39 Å². The number of hydrogen-bond acceptors (Lipinski definition) is 5. The van der Waals surface area contributed by atoms with Crippen molar-refractivity contribution in [3.63, 3.8) is 0 Å². The van der Waals surface area contributed by atoms with Gasteiger partial charge >= 0.3 is 0 Å². The molecule has 0 radical (unpaired) electrons. The average Bonchev–Trinajstić information content (AvgIpc) is 2.75. The first kappa shape index (κ1) is 21.2. The normalized spacial score (nSPS) is 20.6. The number of piperazine rings is 1. The lowest BCUT2D eigenvalue weighted by molar-refractivity contribution is -0.000225. The quantitative estimate of drug-likeness (QED) is 0.712. The molecule has 1 saturated heterocycles. The molecule has 0 spiro atoms. The van der Waals surface area contributed by atoms with Gasteiger partial charge in [-0.05, 0) is 65.7 Å². The summed E-state index contributed by atoms with van der Waals surface area (Å²) in [4.78, 5) is 4.67. The van der Waals surface area contributed by atoms with Crippen LogP contribution in [0.1, 0.15) is 19.4 Å². The van der Waals surface area contributed by atoms with Gasteiger partial charge in [-0.3, -0.25) is 4.90 Å². The van der Waals surface area contributed by atoms with Crippen molar-refractivity contribution in [3.8, 4) is 11.5 Å². The van der Waals surface area contributed by atoms with E-state index in [2.05, 4.69) is 38.7 Å². The van der Waals surface area contributed by atoms with Crippen LogP contribution in [0.4, 0.5) is 10.1 Å². The maximum atomic E-state index is 13.8. The molecule has 0 aromatic heterocycles. The molecule has 7 heteroatoms. The van der Waals surface area contributed by atoms with E-state index in [9.17, 15) is 9.50 Å². The fourth-order valence-corrected chi connectivity index (χ4v) is 4.76. The number of anilines is 1. The molecule has 1 N–H and O–H groups in total. The number of nitrogens with zero attached hydrogens (tertiary/aromatic N) is 2. The third-order valence-corrected chi connectivity index (χ3v) is 6.75. The zero-order valence-electron chi connectivity index (χ0n) is 17.4. The summed E-state index contributed by atoms with van der Waals surface area (Å²) < 4.78 is 25.8. The minimum Gasteiger partial charge on any atom is -0.495 e. The fraction of sp³-hybridized carbons (Fsp3) is 0.391. The number of aliphatic hydroxyl groups excluding tert-OH is 1. The van der Waals surface area contributed by atoms with Crippen molar-refractivity contribution in [2.45, 2.75) is 26.2 Å². The lowest BCUT2D eigenvalue weighted by Gasteiger charge is -2.41. The molecule has 0 saturated carbocycles. The topological polar surface area (TPSA) is 45.2 Å². The highest BCUT2D eigenvalue weighted by Gasteiger charge is 2.33. The van der Waals surface area contributed by atoms with E-state index in [0.29, 0.717) is 11.3 Å². The van der Waals surface area contributed by atoms with Crippen LogP contribution in [0.3, 0.4) is 0 Å². The Bertz CT molecular complexity index is 973. The van der Waals surface area contributed by atoms with Crippen molar-refractivity contribution < 1.29 is 19.0 Å². The van der Waals surface area contributed by atoms with E-state index in [1.54, 1.807) is 13.2 Å². The molecule has 2 aromatic rings. The first-order valence-electron chi connectivity index (χ1n) is 10.1. The first-order valence-corrected chi connectivity index (χ1v) is 10.9. The molecular formula is C23H26BrFN2O3. The Labute approximate surface area is 184 Å². The van der Waals surface area contributed by atoms with Crippen molar-refractivity contribution >= 4 is 27.2 Å². The van der Waals surface area contributed by atoms with E-state index >= 15 is 0 Å². The van der Waals surface area contributed by atoms with Crippen molar-refractivity contribution in [2.24, 2.45) is 0 Å². The highest BCUT2D eigenvalue weighted by atomic mass is 79.9. The zero-order chi connectivity index (χ0) is 21.4. The van der Waals surface area contributed by atoms with Gasteiger partial charge in [-0.15, -0.1) is 0 Å². The van der Waals surface area contributed by atoms with Crippen molar-refractivity contribution in [2.75, 3.05) is 38.2 Å². The van der Waals surface area contributed by atoms with Gasteiger partial charge < -0.3 is 19.5 Å². The maximum Gasteiger partial charge on any atom is 0.222 e. The molecule has 30 heavy (non-hydrogen) atoms. The highest BCUT2D eigenvalue weighted by molar-refractivity contribution is 9.10. The highest BCUT2D eigenvalue weighted by Crippen LogP contribution is 2.38. The number of halogens is 2. The van der Waals surface area contributed by atoms with E-state index in [1.165, 1.54) is 12.1 Å². The number of aliphatic hydroxyl groups is 1. The number of hydrogen-bond donors (Lipinski definition) is 1. The molecule has 0 amide bonds. The molecule has 2 aliphatic rings. The summed E-state index contributed by atoms with van der Waals surface area (Å²) in [6.45, 7) is 7.43. The van der Waals surface area contributed by atoms with E-state index in [-0.39, 0.29) is 11.9 Å². The van der Waals surface area contributed by atoms with E-state index < -0.39 is 6.29 Å². The van der Waals surface area contributed by atoms with E-state index in [0.717, 1.165) is 53.2 Å². The summed E-state index contributed by atoms with van der Waals surface area (Å²) in [5, 5.41) is 10.6. The van der Waals surface area contributed by atoms with Crippen molar-refractivity contribution in [1.29, 1.82) is 0 Å². The van der Waals surface area contributed by atoms with Crippen molar-refractivity contribution in [1.82, 2.24) is 4.90 Å². The van der Waals surface area contributed by atoms with Gasteiger partial charge in [0.15, 0.2) is 0 Å². The van der Waals surface area contributed by atoms with Crippen LogP contribution in [-0.2, 0) is 0 Å². The summed E-state index contributed by atoms with van der Waals surface area (Å²) in [7, 11) is 1.67. The fourth-order valence-electron chi connectivity index (χ4n) is 4.35. The molecule has 160 valence electrons. The average molecular weight is 477 g/mol. The number of ether oxygens (including phenoxy) is 2. The van der Waals surface area contributed by atoms with Gasteiger partial charge in [0.2, 0.25) is 6.29 Å². The van der Waals surface area contributed by atoms with Crippen LogP contribution in [0.5, 0.6) is 11.5 Å². The van der Waals surface area contributed by atoms with Crippen LogP contribution in [0, 0.1) is 5.82 Å². The van der Waals surface area contributed by atoms with Crippen LogP contribution >= 0.6 is 15.9 Å². The van der Waals surface area contributed by atoms with Gasteiger partial charge in [-0.2, -0.15) is 0 Å². The van der Waals surface area contributed by atoms with Gasteiger partial charge in [0.05, 0.1) is 11.6 Å². The summed E-state index contributed by atoms with van der Waals surface area (Å²) in [5.41, 5.74) is 3.52. The first-order chi connectivity index (χ1) is 14.4. The predicted molar refractivity (Wildman–Crippen MR) is 120 cm³/mol. The standard InChI is InChI=1S/C23H26BrFN2O3/c1-14-18-12-16(25)4-7-20(18)30-23(28)22(14)15(2)26-8-10-27(11-9-26)17-5-6-19(24)21(13-17)29-3/h4-7,12-13,15,23,28H,8-11H2,1-3H3/t15-,23+/m0/s1. The monoisotopic (exact) mass is 476 g/mol. The Morgan fingerprint density at radius 2 is 1.90 bits per heavy atom. The molecule has 2 atom stereocenters. The molecule has 0 bridgehead atoms. The third kappa shape index (κ3) is 3.94. The summed E-state index contributed by atoms with van der Waals surface area (Å²) >= 11 is 3.50.